The second-order valence-electron chi connectivity index (χ2n) is 3.25. The Kier molecular flexibility index (Phi) is 9.18. The molecule has 0 amide bonds. The van der Waals surface area contributed by atoms with Gasteiger partial charge in [0.15, 0.2) is 0 Å². The molecule has 0 aliphatic carbocycles. The fourth-order valence-electron chi connectivity index (χ4n) is 1.22. The summed E-state index contributed by atoms with van der Waals surface area (Å²) in [4.78, 5) is 0. The molecule has 0 radical (unpaired) electrons. The Balaban J connectivity index is 3.23. The average molecular weight is 183 g/mol. The van der Waals surface area contributed by atoms with Crippen molar-refractivity contribution in [1.29, 1.82) is 0 Å². The first kappa shape index (κ1) is 12.5. The van der Waals surface area contributed by atoms with E-state index < -0.39 is 0 Å². The van der Waals surface area contributed by atoms with Crippen LogP contribution in [0.1, 0.15) is 39.0 Å². The predicted octanol–water partition coefficient (Wildman–Crippen LogP) is 1.54. The van der Waals surface area contributed by atoms with Gasteiger partial charge in [-0.2, -0.15) is 0 Å². The maximum absolute atomic E-state index is 8.56. The minimum atomic E-state index is 0.307. The Morgan fingerprint density at radius 2 is 2.15 bits per heavy atom. The molecule has 0 bridgehead atoms. The van der Waals surface area contributed by atoms with Crippen molar-refractivity contribution in [2.45, 2.75) is 45.1 Å². The van der Waals surface area contributed by atoms with Crippen molar-refractivity contribution in [2.24, 2.45) is 0 Å². The van der Waals surface area contributed by atoms with Crippen molar-refractivity contribution in [3.05, 3.63) is 0 Å². The predicted molar refractivity (Wildman–Crippen MR) is 56.5 cm³/mol. The van der Waals surface area contributed by atoms with E-state index in [-0.39, 0.29) is 0 Å². The van der Waals surface area contributed by atoms with Gasteiger partial charge in [0.1, 0.15) is 0 Å². The van der Waals surface area contributed by atoms with Crippen LogP contribution in [0.2, 0.25) is 0 Å². The number of nitrogens with one attached hydrogen (secondary N) is 1. The largest absolute Gasteiger partial charge is 0.396 e. The molecule has 0 aliphatic heterocycles. The molecular formula is C11H21NO. The van der Waals surface area contributed by atoms with Gasteiger partial charge >= 0.3 is 0 Å². The van der Waals surface area contributed by atoms with E-state index in [1.165, 1.54) is 0 Å². The van der Waals surface area contributed by atoms with Gasteiger partial charge < -0.3 is 10.4 Å². The van der Waals surface area contributed by atoms with Crippen molar-refractivity contribution in [3.63, 3.8) is 0 Å². The summed E-state index contributed by atoms with van der Waals surface area (Å²) < 4.78 is 0. The molecule has 13 heavy (non-hydrogen) atoms. The van der Waals surface area contributed by atoms with Gasteiger partial charge in [0.2, 0.25) is 0 Å². The summed E-state index contributed by atoms with van der Waals surface area (Å²) in [6.45, 7) is 3.46. The molecule has 2 N–H and O–H groups in total. The van der Waals surface area contributed by atoms with E-state index in [2.05, 4.69) is 18.2 Å². The van der Waals surface area contributed by atoms with Crippen LogP contribution in [0.25, 0.3) is 0 Å². The smallest absolute Gasteiger partial charge is 0.0431 e. The number of hydrogen-bond donors (Lipinski definition) is 2. The summed E-state index contributed by atoms with van der Waals surface area (Å²) in [5.41, 5.74) is 0. The monoisotopic (exact) mass is 183 g/mol. The van der Waals surface area contributed by atoms with Crippen LogP contribution in [0.3, 0.4) is 0 Å². The molecule has 0 saturated carbocycles. The number of terminal acetylenes is 1. The second-order valence-corrected chi connectivity index (χ2v) is 3.25. The van der Waals surface area contributed by atoms with E-state index in [0.29, 0.717) is 12.6 Å². The van der Waals surface area contributed by atoms with Gasteiger partial charge in [0.25, 0.3) is 0 Å². The molecule has 0 saturated heterocycles. The van der Waals surface area contributed by atoms with E-state index in [0.717, 1.165) is 38.6 Å². The zero-order chi connectivity index (χ0) is 9.94. The molecule has 0 spiro atoms. The van der Waals surface area contributed by atoms with E-state index in [1.54, 1.807) is 0 Å². The second kappa shape index (κ2) is 9.57. The van der Waals surface area contributed by atoms with Crippen LogP contribution in [-0.4, -0.2) is 24.3 Å². The van der Waals surface area contributed by atoms with Crippen molar-refractivity contribution < 1.29 is 5.11 Å². The molecular weight excluding hydrogens is 162 g/mol. The molecule has 2 nitrogen and oxygen atoms in total. The summed E-state index contributed by atoms with van der Waals surface area (Å²) in [6, 6.07) is 0.471. The molecule has 0 fully saturated rings. The fourth-order valence-corrected chi connectivity index (χ4v) is 1.22. The lowest BCUT2D eigenvalue weighted by Crippen LogP contribution is -2.28. The van der Waals surface area contributed by atoms with Crippen LogP contribution in [0.5, 0.6) is 0 Å². The third kappa shape index (κ3) is 7.83. The number of unbranched alkanes of at least 4 members (excludes halogenated alkanes) is 2. The van der Waals surface area contributed by atoms with Crippen LogP contribution >= 0.6 is 0 Å². The Bertz CT molecular complexity index is 140. The highest BCUT2D eigenvalue weighted by Gasteiger charge is 2.01. The van der Waals surface area contributed by atoms with Gasteiger partial charge in [-0.3, -0.25) is 0 Å². The van der Waals surface area contributed by atoms with E-state index >= 15 is 0 Å². The van der Waals surface area contributed by atoms with Crippen molar-refractivity contribution in [1.82, 2.24) is 5.32 Å². The molecule has 76 valence electrons. The van der Waals surface area contributed by atoms with Crippen LogP contribution in [0, 0.1) is 12.3 Å². The van der Waals surface area contributed by atoms with Crippen molar-refractivity contribution in [2.75, 3.05) is 13.2 Å². The van der Waals surface area contributed by atoms with Crippen molar-refractivity contribution in [3.8, 4) is 12.3 Å². The van der Waals surface area contributed by atoms with Gasteiger partial charge in [0.05, 0.1) is 0 Å². The van der Waals surface area contributed by atoms with Crippen LogP contribution in [0.15, 0.2) is 0 Å². The molecule has 0 aromatic heterocycles. The Morgan fingerprint density at radius 3 is 2.69 bits per heavy atom. The van der Waals surface area contributed by atoms with E-state index in [9.17, 15) is 0 Å². The van der Waals surface area contributed by atoms with E-state index in [1.807, 2.05) is 0 Å². The van der Waals surface area contributed by atoms with Gasteiger partial charge in [-0.25, -0.2) is 0 Å². The maximum atomic E-state index is 8.56. The third-order valence-electron chi connectivity index (χ3n) is 2.12. The SMILES string of the molecule is C#CCC(CC)NCCCCCO. The van der Waals surface area contributed by atoms with Gasteiger partial charge in [0, 0.05) is 19.1 Å². The minimum Gasteiger partial charge on any atom is -0.396 e. The Labute approximate surface area is 81.7 Å². The van der Waals surface area contributed by atoms with Gasteiger partial charge in [-0.15, -0.1) is 12.3 Å². The first-order valence-electron chi connectivity index (χ1n) is 5.12. The molecule has 0 heterocycles. The average Bonchev–Trinajstić information content (AvgIpc) is 2.16. The zero-order valence-corrected chi connectivity index (χ0v) is 8.55. The van der Waals surface area contributed by atoms with Crippen molar-refractivity contribution >= 4 is 0 Å². The first-order chi connectivity index (χ1) is 6.35. The Hall–Kier alpha value is -0.520. The highest BCUT2D eigenvalue weighted by atomic mass is 16.2. The molecule has 0 aromatic carbocycles. The number of aliphatic hydroxyl groups is 1. The number of aliphatic hydroxyl groups excluding tert-OH is 1. The Morgan fingerprint density at radius 1 is 1.38 bits per heavy atom. The van der Waals surface area contributed by atoms with Gasteiger partial charge in [-0.1, -0.05) is 6.92 Å². The zero-order valence-electron chi connectivity index (χ0n) is 8.55. The topological polar surface area (TPSA) is 32.3 Å². The maximum Gasteiger partial charge on any atom is 0.0431 e. The molecule has 0 rings (SSSR count). The summed E-state index contributed by atoms with van der Waals surface area (Å²) in [5.74, 6) is 2.67. The normalized spacial score (nSPS) is 12.4. The molecule has 0 aliphatic rings. The molecule has 1 unspecified atom stereocenters. The summed E-state index contributed by atoms with van der Waals surface area (Å²) in [5, 5.41) is 12.0. The summed E-state index contributed by atoms with van der Waals surface area (Å²) in [7, 11) is 0. The minimum absolute atomic E-state index is 0.307. The molecule has 2 heteroatoms. The molecule has 0 aromatic rings. The van der Waals surface area contributed by atoms with Crippen LogP contribution in [0.4, 0.5) is 0 Å². The van der Waals surface area contributed by atoms with Crippen LogP contribution in [-0.2, 0) is 0 Å². The molecule has 1 atom stereocenters. The highest BCUT2D eigenvalue weighted by Crippen LogP contribution is 1.98. The third-order valence-corrected chi connectivity index (χ3v) is 2.12. The summed E-state index contributed by atoms with van der Waals surface area (Å²) in [6.07, 6.45) is 10.3. The van der Waals surface area contributed by atoms with Crippen LogP contribution < -0.4 is 5.32 Å². The lowest BCUT2D eigenvalue weighted by Gasteiger charge is -2.13. The summed E-state index contributed by atoms with van der Waals surface area (Å²) >= 11 is 0. The fraction of sp³-hybridized carbons (Fsp3) is 0.818. The van der Waals surface area contributed by atoms with Gasteiger partial charge in [-0.05, 0) is 32.2 Å². The highest BCUT2D eigenvalue weighted by molar-refractivity contribution is 4.89. The standard InChI is InChI=1S/C11H21NO/c1-3-8-11(4-2)12-9-6-5-7-10-13/h1,11-13H,4-10H2,2H3. The quantitative estimate of drug-likeness (QED) is 0.442. The first-order valence-corrected chi connectivity index (χ1v) is 5.12. The number of hydrogen-bond acceptors (Lipinski definition) is 2. The lowest BCUT2D eigenvalue weighted by molar-refractivity contribution is 0.282. The lowest BCUT2D eigenvalue weighted by atomic mass is 10.1. The van der Waals surface area contributed by atoms with E-state index in [4.69, 9.17) is 11.5 Å². The number of rotatable bonds is 8.